The standard InChI is InChI=1S/C11H9N3O2/c1-15-10-3-7-8(4-11(10)16-2)13-6-14-9(7)5-12/h3-4,6H,1-2H3. The van der Waals surface area contributed by atoms with Gasteiger partial charge in [-0.05, 0) is 6.07 Å². The van der Waals surface area contributed by atoms with Crippen LogP contribution < -0.4 is 9.47 Å². The smallest absolute Gasteiger partial charge is 0.162 e. The Labute approximate surface area is 92.3 Å². The molecule has 0 fully saturated rings. The molecular formula is C11H9N3O2. The van der Waals surface area contributed by atoms with Gasteiger partial charge in [-0.1, -0.05) is 0 Å². The largest absolute Gasteiger partial charge is 0.493 e. The van der Waals surface area contributed by atoms with Crippen molar-refractivity contribution in [2.75, 3.05) is 14.2 Å². The highest BCUT2D eigenvalue weighted by Gasteiger charge is 2.09. The quantitative estimate of drug-likeness (QED) is 0.759. The van der Waals surface area contributed by atoms with Crippen molar-refractivity contribution in [1.29, 1.82) is 5.26 Å². The lowest BCUT2D eigenvalue weighted by atomic mass is 10.1. The molecule has 0 unspecified atom stereocenters. The van der Waals surface area contributed by atoms with Gasteiger partial charge in [-0.15, -0.1) is 0 Å². The number of aromatic nitrogens is 2. The van der Waals surface area contributed by atoms with Crippen molar-refractivity contribution in [3.63, 3.8) is 0 Å². The number of fused-ring (bicyclic) bond motifs is 1. The Balaban J connectivity index is 2.79. The predicted octanol–water partition coefficient (Wildman–Crippen LogP) is 1.52. The molecule has 1 aromatic heterocycles. The van der Waals surface area contributed by atoms with E-state index in [2.05, 4.69) is 9.97 Å². The molecule has 0 N–H and O–H groups in total. The second-order valence-electron chi connectivity index (χ2n) is 3.06. The molecule has 0 saturated heterocycles. The number of ether oxygens (including phenoxy) is 2. The molecule has 2 rings (SSSR count). The molecular weight excluding hydrogens is 206 g/mol. The van der Waals surface area contributed by atoms with Gasteiger partial charge in [0.1, 0.15) is 12.4 Å². The van der Waals surface area contributed by atoms with Crippen molar-refractivity contribution in [2.24, 2.45) is 0 Å². The normalized spacial score (nSPS) is 9.81. The summed E-state index contributed by atoms with van der Waals surface area (Å²) in [4.78, 5) is 7.96. The summed E-state index contributed by atoms with van der Waals surface area (Å²) in [5.41, 5.74) is 0.982. The summed E-state index contributed by atoms with van der Waals surface area (Å²) in [6.45, 7) is 0. The maximum absolute atomic E-state index is 8.91. The SMILES string of the molecule is COc1cc2ncnc(C#N)c2cc1OC. The number of hydrogen-bond donors (Lipinski definition) is 0. The van der Waals surface area contributed by atoms with Crippen LogP contribution in [0.25, 0.3) is 10.9 Å². The highest BCUT2D eigenvalue weighted by atomic mass is 16.5. The van der Waals surface area contributed by atoms with Crippen molar-refractivity contribution < 1.29 is 9.47 Å². The van der Waals surface area contributed by atoms with Gasteiger partial charge in [0.2, 0.25) is 0 Å². The van der Waals surface area contributed by atoms with Gasteiger partial charge in [0.05, 0.1) is 19.7 Å². The first-order valence-corrected chi connectivity index (χ1v) is 4.57. The van der Waals surface area contributed by atoms with Crippen molar-refractivity contribution in [2.45, 2.75) is 0 Å². The lowest BCUT2D eigenvalue weighted by Gasteiger charge is -2.08. The van der Waals surface area contributed by atoms with Gasteiger partial charge in [0.25, 0.3) is 0 Å². The van der Waals surface area contributed by atoms with E-state index in [0.717, 1.165) is 0 Å². The third-order valence-electron chi connectivity index (χ3n) is 2.25. The van der Waals surface area contributed by atoms with E-state index in [1.54, 1.807) is 26.4 Å². The minimum absolute atomic E-state index is 0.325. The number of nitrogens with zero attached hydrogens (tertiary/aromatic N) is 3. The van der Waals surface area contributed by atoms with Gasteiger partial charge in [0, 0.05) is 11.5 Å². The minimum atomic E-state index is 0.325. The molecule has 0 amide bonds. The fourth-order valence-corrected chi connectivity index (χ4v) is 1.47. The maximum Gasteiger partial charge on any atom is 0.162 e. The summed E-state index contributed by atoms with van der Waals surface area (Å²) in [6.07, 6.45) is 1.35. The molecule has 0 aliphatic heterocycles. The fourth-order valence-electron chi connectivity index (χ4n) is 1.47. The van der Waals surface area contributed by atoms with Gasteiger partial charge < -0.3 is 9.47 Å². The molecule has 80 valence electrons. The van der Waals surface area contributed by atoms with E-state index in [4.69, 9.17) is 14.7 Å². The van der Waals surface area contributed by atoms with Crippen LogP contribution in [0, 0.1) is 11.3 Å². The Kier molecular flexibility index (Phi) is 2.56. The maximum atomic E-state index is 8.91. The van der Waals surface area contributed by atoms with Gasteiger partial charge in [-0.25, -0.2) is 9.97 Å². The molecule has 2 aromatic rings. The van der Waals surface area contributed by atoms with Gasteiger partial charge in [-0.3, -0.25) is 0 Å². The second kappa shape index (κ2) is 4.03. The Morgan fingerprint density at radius 3 is 2.44 bits per heavy atom. The minimum Gasteiger partial charge on any atom is -0.493 e. The van der Waals surface area contributed by atoms with Crippen LogP contribution in [0.15, 0.2) is 18.5 Å². The third kappa shape index (κ3) is 1.50. The van der Waals surface area contributed by atoms with Crippen molar-refractivity contribution in [1.82, 2.24) is 9.97 Å². The highest BCUT2D eigenvalue weighted by Crippen LogP contribution is 2.31. The zero-order valence-corrected chi connectivity index (χ0v) is 8.89. The molecule has 0 saturated carbocycles. The molecule has 0 radical (unpaired) electrons. The lowest BCUT2D eigenvalue weighted by Crippen LogP contribution is -1.94. The van der Waals surface area contributed by atoms with E-state index in [9.17, 15) is 0 Å². The zero-order chi connectivity index (χ0) is 11.5. The molecule has 1 aromatic carbocycles. The number of hydrogen-bond acceptors (Lipinski definition) is 5. The first-order chi connectivity index (χ1) is 7.80. The van der Waals surface area contributed by atoms with E-state index >= 15 is 0 Å². The first kappa shape index (κ1) is 10.2. The summed E-state index contributed by atoms with van der Waals surface area (Å²) in [6, 6.07) is 5.43. The van der Waals surface area contributed by atoms with E-state index < -0.39 is 0 Å². The average molecular weight is 215 g/mol. The van der Waals surface area contributed by atoms with Crippen molar-refractivity contribution in [3.05, 3.63) is 24.2 Å². The molecule has 0 atom stereocenters. The Morgan fingerprint density at radius 1 is 1.12 bits per heavy atom. The summed E-state index contributed by atoms with van der Waals surface area (Å²) >= 11 is 0. The molecule has 5 heteroatoms. The van der Waals surface area contributed by atoms with Crippen LogP contribution in [0.1, 0.15) is 5.69 Å². The summed E-state index contributed by atoms with van der Waals surface area (Å²) < 4.78 is 10.3. The third-order valence-corrected chi connectivity index (χ3v) is 2.25. The summed E-state index contributed by atoms with van der Waals surface area (Å²) in [5, 5.41) is 9.57. The first-order valence-electron chi connectivity index (χ1n) is 4.57. The van der Waals surface area contributed by atoms with Crippen LogP contribution in [0.3, 0.4) is 0 Å². The Bertz CT molecular complexity index is 575. The van der Waals surface area contributed by atoms with Crippen LogP contribution in [0.2, 0.25) is 0 Å². The molecule has 1 heterocycles. The number of nitriles is 1. The van der Waals surface area contributed by atoms with Crippen LogP contribution in [0.5, 0.6) is 11.5 Å². The molecule has 0 bridgehead atoms. The number of methoxy groups -OCH3 is 2. The number of rotatable bonds is 2. The Hall–Kier alpha value is -2.35. The van der Waals surface area contributed by atoms with Crippen molar-refractivity contribution >= 4 is 10.9 Å². The highest BCUT2D eigenvalue weighted by molar-refractivity contribution is 5.86. The molecule has 16 heavy (non-hydrogen) atoms. The zero-order valence-electron chi connectivity index (χ0n) is 8.89. The van der Waals surface area contributed by atoms with Crippen LogP contribution in [-0.4, -0.2) is 24.2 Å². The van der Waals surface area contributed by atoms with E-state index in [-0.39, 0.29) is 0 Å². The van der Waals surface area contributed by atoms with Gasteiger partial charge >= 0.3 is 0 Å². The molecule has 0 aliphatic rings. The number of benzene rings is 1. The van der Waals surface area contributed by atoms with Crippen LogP contribution >= 0.6 is 0 Å². The van der Waals surface area contributed by atoms with Gasteiger partial charge in [0.15, 0.2) is 17.2 Å². The molecule has 0 aliphatic carbocycles. The van der Waals surface area contributed by atoms with Crippen molar-refractivity contribution in [3.8, 4) is 17.6 Å². The molecule has 0 spiro atoms. The van der Waals surface area contributed by atoms with E-state index in [0.29, 0.717) is 28.1 Å². The van der Waals surface area contributed by atoms with Gasteiger partial charge in [-0.2, -0.15) is 5.26 Å². The lowest BCUT2D eigenvalue weighted by molar-refractivity contribution is 0.356. The Morgan fingerprint density at radius 2 is 1.81 bits per heavy atom. The topological polar surface area (TPSA) is 68.0 Å². The van der Waals surface area contributed by atoms with Crippen LogP contribution in [-0.2, 0) is 0 Å². The average Bonchev–Trinajstić information content (AvgIpc) is 2.36. The summed E-state index contributed by atoms with van der Waals surface area (Å²) in [5.74, 6) is 1.14. The predicted molar refractivity (Wildman–Crippen MR) is 57.4 cm³/mol. The van der Waals surface area contributed by atoms with Crippen LogP contribution in [0.4, 0.5) is 0 Å². The summed E-state index contributed by atoms with van der Waals surface area (Å²) in [7, 11) is 3.09. The van der Waals surface area contributed by atoms with E-state index in [1.165, 1.54) is 6.33 Å². The second-order valence-corrected chi connectivity index (χ2v) is 3.06. The molecule has 5 nitrogen and oxygen atoms in total. The van der Waals surface area contributed by atoms with E-state index in [1.807, 2.05) is 6.07 Å². The fraction of sp³-hybridized carbons (Fsp3) is 0.182. The monoisotopic (exact) mass is 215 g/mol.